The van der Waals surface area contributed by atoms with Crippen molar-refractivity contribution in [1.29, 1.82) is 0 Å². The topological polar surface area (TPSA) is 83.1 Å². The number of alkyl carbamates (subject to hydrolysis) is 1. The molecular formula is C22H31FN4O4. The number of halogens is 1. The van der Waals surface area contributed by atoms with Crippen LogP contribution in [0.1, 0.15) is 32.8 Å². The minimum atomic E-state index is -1.13. The molecule has 2 unspecified atom stereocenters. The lowest BCUT2D eigenvalue weighted by Gasteiger charge is -2.42. The Hall–Kier alpha value is -2.81. The van der Waals surface area contributed by atoms with Gasteiger partial charge in [0.1, 0.15) is 30.4 Å². The summed E-state index contributed by atoms with van der Waals surface area (Å²) < 4.78 is 25.2. The summed E-state index contributed by atoms with van der Waals surface area (Å²) in [6.07, 6.45) is -0.883. The van der Waals surface area contributed by atoms with Crippen LogP contribution in [0.25, 0.3) is 0 Å². The number of carbonyl (C=O) groups excluding carboxylic acids is 2. The zero-order chi connectivity index (χ0) is 22.4. The van der Waals surface area contributed by atoms with Gasteiger partial charge in [0.25, 0.3) is 0 Å². The van der Waals surface area contributed by atoms with Crippen molar-refractivity contribution in [1.82, 2.24) is 20.4 Å². The standard InChI is InChI=1S/C22H31FN4O4/c1-22(2,3)31-21(29)27-13-11-26(12-14-27)19-17(23)9-10-18(24-19)25-20(28)30-15-16-7-5-4-6-8-16/h4-8,10,17,19,24H,9,11-15H2,1-3H3,(H,25,28). The molecular weight excluding hydrogens is 403 g/mol. The Labute approximate surface area is 182 Å². The van der Waals surface area contributed by atoms with Gasteiger partial charge in [0.05, 0.1) is 0 Å². The van der Waals surface area contributed by atoms with Gasteiger partial charge < -0.3 is 19.7 Å². The predicted molar refractivity (Wildman–Crippen MR) is 114 cm³/mol. The van der Waals surface area contributed by atoms with Crippen molar-refractivity contribution in [2.45, 2.75) is 51.7 Å². The Morgan fingerprint density at radius 3 is 2.48 bits per heavy atom. The average molecular weight is 435 g/mol. The summed E-state index contributed by atoms with van der Waals surface area (Å²) >= 11 is 0. The number of ether oxygens (including phenoxy) is 2. The largest absolute Gasteiger partial charge is 0.444 e. The van der Waals surface area contributed by atoms with Gasteiger partial charge in [0.15, 0.2) is 0 Å². The van der Waals surface area contributed by atoms with Crippen LogP contribution >= 0.6 is 0 Å². The number of hydrogen-bond acceptors (Lipinski definition) is 6. The van der Waals surface area contributed by atoms with E-state index in [1.807, 2.05) is 56.0 Å². The fourth-order valence-corrected chi connectivity index (χ4v) is 3.45. The maximum absolute atomic E-state index is 14.6. The summed E-state index contributed by atoms with van der Waals surface area (Å²) in [4.78, 5) is 27.9. The van der Waals surface area contributed by atoms with Crippen LogP contribution in [0.5, 0.6) is 0 Å². The summed E-state index contributed by atoms with van der Waals surface area (Å²) in [5, 5.41) is 5.69. The molecule has 2 atom stereocenters. The van der Waals surface area contributed by atoms with Crippen molar-refractivity contribution in [3.63, 3.8) is 0 Å². The van der Waals surface area contributed by atoms with Crippen molar-refractivity contribution in [3.05, 3.63) is 47.8 Å². The molecule has 2 aliphatic rings. The van der Waals surface area contributed by atoms with Crippen molar-refractivity contribution >= 4 is 12.2 Å². The summed E-state index contributed by atoms with van der Waals surface area (Å²) in [5.41, 5.74) is 0.330. The highest BCUT2D eigenvalue weighted by Crippen LogP contribution is 2.19. The molecule has 1 aromatic rings. The van der Waals surface area contributed by atoms with Gasteiger partial charge in [0.2, 0.25) is 0 Å². The minimum absolute atomic E-state index is 0.155. The fourth-order valence-electron chi connectivity index (χ4n) is 3.45. The van der Waals surface area contributed by atoms with Crippen LogP contribution in [0, 0.1) is 0 Å². The Balaban J connectivity index is 1.47. The van der Waals surface area contributed by atoms with Gasteiger partial charge >= 0.3 is 12.2 Å². The van der Waals surface area contributed by atoms with Gasteiger partial charge in [-0.15, -0.1) is 0 Å². The molecule has 170 valence electrons. The highest BCUT2D eigenvalue weighted by atomic mass is 19.1. The van der Waals surface area contributed by atoms with Gasteiger partial charge in [-0.1, -0.05) is 30.3 Å². The fraction of sp³-hybridized carbons (Fsp3) is 0.545. The Morgan fingerprint density at radius 1 is 1.16 bits per heavy atom. The van der Waals surface area contributed by atoms with E-state index in [4.69, 9.17) is 9.47 Å². The van der Waals surface area contributed by atoms with E-state index in [2.05, 4.69) is 10.6 Å². The molecule has 9 heteroatoms. The molecule has 2 amide bonds. The lowest BCUT2D eigenvalue weighted by Crippen LogP contribution is -2.60. The van der Waals surface area contributed by atoms with Gasteiger partial charge in [0, 0.05) is 32.6 Å². The minimum Gasteiger partial charge on any atom is -0.444 e. The van der Waals surface area contributed by atoms with Crippen LogP contribution in [-0.4, -0.2) is 66.1 Å². The first-order valence-electron chi connectivity index (χ1n) is 10.5. The second-order valence-electron chi connectivity index (χ2n) is 8.65. The molecule has 2 N–H and O–H groups in total. The lowest BCUT2D eigenvalue weighted by molar-refractivity contribution is 0.000228. The predicted octanol–water partition coefficient (Wildman–Crippen LogP) is 2.96. The summed E-state index contributed by atoms with van der Waals surface area (Å²) in [7, 11) is 0. The van der Waals surface area contributed by atoms with Crippen molar-refractivity contribution in [2.24, 2.45) is 0 Å². The summed E-state index contributed by atoms with van der Waals surface area (Å²) in [6, 6.07) is 9.37. The number of nitrogens with one attached hydrogen (secondary N) is 2. The first-order valence-corrected chi connectivity index (χ1v) is 10.5. The lowest BCUT2D eigenvalue weighted by atomic mass is 10.1. The first kappa shape index (κ1) is 22.9. The Bertz CT molecular complexity index is 788. The Kier molecular flexibility index (Phi) is 7.37. The molecule has 8 nitrogen and oxygen atoms in total. The number of benzene rings is 1. The van der Waals surface area contributed by atoms with Crippen molar-refractivity contribution < 1.29 is 23.5 Å². The van der Waals surface area contributed by atoms with E-state index < -0.39 is 24.0 Å². The van der Waals surface area contributed by atoms with Crippen LogP contribution in [0.4, 0.5) is 14.0 Å². The molecule has 31 heavy (non-hydrogen) atoms. The van der Waals surface area contributed by atoms with E-state index in [1.54, 1.807) is 11.0 Å². The second kappa shape index (κ2) is 10.00. The van der Waals surface area contributed by atoms with Gasteiger partial charge in [-0.2, -0.15) is 0 Å². The van der Waals surface area contributed by atoms with Gasteiger partial charge in [-0.05, 0) is 32.4 Å². The highest BCUT2D eigenvalue weighted by molar-refractivity contribution is 5.69. The molecule has 0 radical (unpaired) electrons. The first-order chi connectivity index (χ1) is 14.7. The monoisotopic (exact) mass is 434 g/mol. The number of piperazine rings is 1. The van der Waals surface area contributed by atoms with Gasteiger partial charge in [-0.25, -0.2) is 14.0 Å². The third-order valence-electron chi connectivity index (χ3n) is 5.00. The molecule has 0 aromatic heterocycles. The molecule has 1 aromatic carbocycles. The Morgan fingerprint density at radius 2 is 1.84 bits per heavy atom. The smallest absolute Gasteiger partial charge is 0.413 e. The summed E-state index contributed by atoms with van der Waals surface area (Å²) in [6.45, 7) is 7.54. The number of amides is 2. The number of carbonyl (C=O) groups is 2. The maximum Gasteiger partial charge on any atom is 0.413 e. The molecule has 0 bridgehead atoms. The number of alkyl halides is 1. The quantitative estimate of drug-likeness (QED) is 0.758. The van der Waals surface area contributed by atoms with Crippen molar-refractivity contribution in [3.8, 4) is 0 Å². The number of hydrogen-bond donors (Lipinski definition) is 2. The highest BCUT2D eigenvalue weighted by Gasteiger charge is 2.34. The van der Waals surface area contributed by atoms with Crippen LogP contribution in [0.15, 0.2) is 42.2 Å². The van der Waals surface area contributed by atoms with Crippen molar-refractivity contribution in [2.75, 3.05) is 26.2 Å². The van der Waals surface area contributed by atoms with E-state index in [1.165, 1.54) is 0 Å². The summed E-state index contributed by atoms with van der Waals surface area (Å²) in [5.74, 6) is 0.423. The number of nitrogens with zero attached hydrogens (tertiary/aromatic N) is 2. The molecule has 3 rings (SSSR count). The molecule has 2 aliphatic heterocycles. The van der Waals surface area contributed by atoms with Crippen LogP contribution in [-0.2, 0) is 16.1 Å². The van der Waals surface area contributed by atoms with Crippen LogP contribution in [0.2, 0.25) is 0 Å². The SMILES string of the molecule is CC(C)(C)OC(=O)N1CCN(C2NC(NC(=O)OCc3ccccc3)=CCC2F)CC1. The van der Waals surface area contributed by atoms with Crippen LogP contribution < -0.4 is 10.6 Å². The molecule has 0 saturated carbocycles. The average Bonchev–Trinajstić information content (AvgIpc) is 2.73. The second-order valence-corrected chi connectivity index (χ2v) is 8.65. The normalized spacial score (nSPS) is 22.2. The van der Waals surface area contributed by atoms with Gasteiger partial charge in [-0.3, -0.25) is 10.2 Å². The molecule has 2 heterocycles. The molecule has 1 saturated heterocycles. The zero-order valence-electron chi connectivity index (χ0n) is 18.3. The van der Waals surface area contributed by atoms with E-state index >= 15 is 0 Å². The third kappa shape index (κ3) is 6.85. The zero-order valence-corrected chi connectivity index (χ0v) is 18.3. The van der Waals surface area contributed by atoms with E-state index in [9.17, 15) is 14.0 Å². The van der Waals surface area contributed by atoms with E-state index in [0.29, 0.717) is 32.0 Å². The molecule has 0 spiro atoms. The maximum atomic E-state index is 14.6. The van der Waals surface area contributed by atoms with E-state index in [-0.39, 0.29) is 19.1 Å². The third-order valence-corrected chi connectivity index (χ3v) is 5.00. The molecule has 0 aliphatic carbocycles. The number of rotatable bonds is 4. The number of allylic oxidation sites excluding steroid dienone is 1. The van der Waals surface area contributed by atoms with E-state index in [0.717, 1.165) is 5.56 Å². The van der Waals surface area contributed by atoms with Crippen LogP contribution in [0.3, 0.4) is 0 Å². The molecule has 1 fully saturated rings.